The van der Waals surface area contributed by atoms with Crippen LogP contribution in [-0.4, -0.2) is 35.7 Å². The fourth-order valence-electron chi connectivity index (χ4n) is 1.85. The molecule has 0 saturated carbocycles. The molecule has 1 rings (SSSR count). The lowest BCUT2D eigenvalue weighted by Gasteiger charge is -2.26. The van der Waals surface area contributed by atoms with Crippen molar-refractivity contribution in [3.63, 3.8) is 0 Å². The predicted octanol–water partition coefficient (Wildman–Crippen LogP) is 1.41. The Hall–Kier alpha value is -0.340. The van der Waals surface area contributed by atoms with Gasteiger partial charge in [0.25, 0.3) is 0 Å². The first-order chi connectivity index (χ1) is 5.88. The van der Waals surface area contributed by atoms with Crippen molar-refractivity contribution in [1.29, 1.82) is 0 Å². The maximum Gasteiger partial charge on any atom is 0.0586 e. The molecule has 0 aromatic rings. The van der Waals surface area contributed by atoms with Gasteiger partial charge >= 0.3 is 0 Å². The van der Waals surface area contributed by atoms with Gasteiger partial charge in [-0.15, -0.1) is 6.58 Å². The monoisotopic (exact) mass is 169 g/mol. The maximum absolute atomic E-state index is 9.14. The summed E-state index contributed by atoms with van der Waals surface area (Å²) in [7, 11) is 0. The minimum absolute atomic E-state index is 0.299. The number of rotatable bonds is 3. The van der Waals surface area contributed by atoms with E-state index < -0.39 is 0 Å². The molecule has 1 heterocycles. The molecule has 12 heavy (non-hydrogen) atoms. The molecule has 2 nitrogen and oxygen atoms in total. The van der Waals surface area contributed by atoms with E-state index in [2.05, 4.69) is 11.5 Å². The minimum Gasteiger partial charge on any atom is -0.395 e. The topological polar surface area (TPSA) is 23.5 Å². The average molecular weight is 169 g/mol. The Bertz CT molecular complexity index is 136. The number of nitrogens with zero attached hydrogens (tertiary/aromatic N) is 1. The zero-order valence-electron chi connectivity index (χ0n) is 7.71. The molecule has 1 fully saturated rings. The van der Waals surface area contributed by atoms with Gasteiger partial charge in [0.1, 0.15) is 0 Å². The number of aliphatic hydroxyl groups excluding tert-OH is 1. The molecule has 1 saturated heterocycles. The second-order valence-electron chi connectivity index (χ2n) is 3.47. The molecule has 0 bridgehead atoms. The van der Waals surface area contributed by atoms with Crippen LogP contribution in [0.5, 0.6) is 0 Å². The number of likely N-dealkylation sites (tertiary alicyclic amines) is 1. The molecule has 0 aliphatic carbocycles. The zero-order valence-corrected chi connectivity index (χ0v) is 7.71. The van der Waals surface area contributed by atoms with Crippen LogP contribution in [0.3, 0.4) is 0 Å². The Kier molecular flexibility index (Phi) is 4.33. The van der Waals surface area contributed by atoms with Gasteiger partial charge in [-0.3, -0.25) is 4.90 Å². The second kappa shape index (κ2) is 5.33. The summed E-state index contributed by atoms with van der Waals surface area (Å²) in [4.78, 5) is 2.33. The predicted molar refractivity (Wildman–Crippen MR) is 51.1 cm³/mol. The summed E-state index contributed by atoms with van der Waals surface area (Å²) < 4.78 is 0. The second-order valence-corrected chi connectivity index (χ2v) is 3.47. The molecule has 1 atom stereocenters. The number of hydrogen-bond donors (Lipinski definition) is 1. The molecule has 70 valence electrons. The molecule has 0 amide bonds. The first-order valence-electron chi connectivity index (χ1n) is 4.84. The molecular weight excluding hydrogens is 150 g/mol. The fourth-order valence-corrected chi connectivity index (χ4v) is 1.85. The van der Waals surface area contributed by atoms with E-state index in [9.17, 15) is 0 Å². The van der Waals surface area contributed by atoms with E-state index in [1.54, 1.807) is 0 Å². The fraction of sp³-hybridized carbons (Fsp3) is 0.800. The lowest BCUT2D eigenvalue weighted by atomic mass is 10.1. The third kappa shape index (κ3) is 2.61. The highest BCUT2D eigenvalue weighted by molar-refractivity contribution is 4.80. The Labute approximate surface area is 74.9 Å². The van der Waals surface area contributed by atoms with Crippen molar-refractivity contribution in [3.8, 4) is 0 Å². The van der Waals surface area contributed by atoms with Crippen LogP contribution < -0.4 is 0 Å². The molecule has 0 spiro atoms. The van der Waals surface area contributed by atoms with E-state index in [4.69, 9.17) is 5.11 Å². The van der Waals surface area contributed by atoms with Gasteiger partial charge in [0, 0.05) is 12.6 Å². The van der Waals surface area contributed by atoms with Crippen LogP contribution in [0.2, 0.25) is 0 Å². The summed E-state index contributed by atoms with van der Waals surface area (Å²) in [6.07, 6.45) is 6.91. The third-order valence-corrected chi connectivity index (χ3v) is 2.57. The van der Waals surface area contributed by atoms with Gasteiger partial charge in [-0.25, -0.2) is 0 Å². The van der Waals surface area contributed by atoms with Crippen LogP contribution in [0.25, 0.3) is 0 Å². The Balaban J connectivity index is 2.44. The van der Waals surface area contributed by atoms with Crippen molar-refractivity contribution >= 4 is 0 Å². The summed E-state index contributed by atoms with van der Waals surface area (Å²) in [5, 5.41) is 9.14. The Morgan fingerprint density at radius 2 is 2.25 bits per heavy atom. The summed E-state index contributed by atoms with van der Waals surface area (Å²) >= 11 is 0. The molecule has 1 aliphatic heterocycles. The minimum atomic E-state index is 0.299. The van der Waals surface area contributed by atoms with Gasteiger partial charge in [-0.1, -0.05) is 18.9 Å². The molecule has 1 N–H and O–H groups in total. The van der Waals surface area contributed by atoms with Crippen molar-refractivity contribution in [3.05, 3.63) is 12.7 Å². The summed E-state index contributed by atoms with van der Waals surface area (Å²) in [6.45, 7) is 6.07. The van der Waals surface area contributed by atoms with Crippen LogP contribution in [0.4, 0.5) is 0 Å². The van der Waals surface area contributed by atoms with E-state index in [1.165, 1.54) is 19.3 Å². The number of aliphatic hydroxyl groups is 1. The molecular formula is C10H19NO. The van der Waals surface area contributed by atoms with Crippen LogP contribution in [0.1, 0.15) is 25.7 Å². The van der Waals surface area contributed by atoms with E-state index in [0.717, 1.165) is 19.5 Å². The molecule has 0 aromatic heterocycles. The smallest absolute Gasteiger partial charge is 0.0586 e. The summed E-state index contributed by atoms with van der Waals surface area (Å²) in [6, 6.07) is 0.380. The first-order valence-corrected chi connectivity index (χ1v) is 4.84. The normalized spacial score (nSPS) is 26.6. The van der Waals surface area contributed by atoms with Crippen LogP contribution in [0, 0.1) is 0 Å². The first kappa shape index (κ1) is 9.75. The van der Waals surface area contributed by atoms with Crippen LogP contribution >= 0.6 is 0 Å². The Morgan fingerprint density at radius 3 is 2.92 bits per heavy atom. The molecule has 0 aromatic carbocycles. The van der Waals surface area contributed by atoms with Gasteiger partial charge in [-0.05, 0) is 19.4 Å². The molecule has 1 unspecified atom stereocenters. The van der Waals surface area contributed by atoms with Crippen molar-refractivity contribution in [2.24, 2.45) is 0 Å². The lowest BCUT2D eigenvalue weighted by molar-refractivity contribution is 0.136. The largest absolute Gasteiger partial charge is 0.395 e. The summed E-state index contributed by atoms with van der Waals surface area (Å²) in [5.41, 5.74) is 0. The zero-order chi connectivity index (χ0) is 8.81. The van der Waals surface area contributed by atoms with Crippen LogP contribution in [-0.2, 0) is 0 Å². The number of hydrogen-bond acceptors (Lipinski definition) is 2. The molecule has 2 heteroatoms. The standard InChI is InChI=1S/C10H19NO/c1-2-7-11-8-5-3-4-6-10(11)9-12/h2,10,12H,1,3-9H2. The van der Waals surface area contributed by atoms with E-state index in [-0.39, 0.29) is 0 Å². The van der Waals surface area contributed by atoms with Crippen molar-refractivity contribution in [2.75, 3.05) is 19.7 Å². The molecule has 0 radical (unpaired) electrons. The van der Waals surface area contributed by atoms with Gasteiger partial charge in [0.15, 0.2) is 0 Å². The van der Waals surface area contributed by atoms with E-state index >= 15 is 0 Å². The lowest BCUT2D eigenvalue weighted by Crippen LogP contribution is -2.37. The van der Waals surface area contributed by atoms with Gasteiger partial charge in [0.05, 0.1) is 6.61 Å². The van der Waals surface area contributed by atoms with Gasteiger partial charge in [-0.2, -0.15) is 0 Å². The van der Waals surface area contributed by atoms with Crippen molar-refractivity contribution in [1.82, 2.24) is 4.90 Å². The molecule has 1 aliphatic rings. The van der Waals surface area contributed by atoms with Crippen LogP contribution in [0.15, 0.2) is 12.7 Å². The summed E-state index contributed by atoms with van der Waals surface area (Å²) in [5.74, 6) is 0. The quantitative estimate of drug-likeness (QED) is 0.646. The highest BCUT2D eigenvalue weighted by atomic mass is 16.3. The SMILES string of the molecule is C=CCN1CCCCCC1CO. The maximum atomic E-state index is 9.14. The van der Waals surface area contributed by atoms with Crippen molar-refractivity contribution in [2.45, 2.75) is 31.7 Å². The van der Waals surface area contributed by atoms with E-state index in [1.807, 2.05) is 6.08 Å². The van der Waals surface area contributed by atoms with E-state index in [0.29, 0.717) is 12.6 Å². The Morgan fingerprint density at radius 1 is 1.42 bits per heavy atom. The highest BCUT2D eigenvalue weighted by Crippen LogP contribution is 2.15. The third-order valence-electron chi connectivity index (χ3n) is 2.57. The average Bonchev–Trinajstić information content (AvgIpc) is 2.30. The highest BCUT2D eigenvalue weighted by Gasteiger charge is 2.18. The van der Waals surface area contributed by atoms with Gasteiger partial charge in [0.2, 0.25) is 0 Å². The van der Waals surface area contributed by atoms with Crippen molar-refractivity contribution < 1.29 is 5.11 Å². The van der Waals surface area contributed by atoms with Gasteiger partial charge < -0.3 is 5.11 Å².